The Kier molecular flexibility index (Phi) is 5.03. The number of nitrogen functional groups attached to an aromatic ring is 1. The van der Waals surface area contributed by atoms with Gasteiger partial charge in [0.1, 0.15) is 4.90 Å². The molecule has 1 aromatic rings. The molecule has 0 saturated heterocycles. The van der Waals surface area contributed by atoms with Crippen molar-refractivity contribution in [2.24, 2.45) is 0 Å². The van der Waals surface area contributed by atoms with Crippen molar-refractivity contribution in [3.05, 3.63) is 6.20 Å². The molecule has 0 aromatic carbocycles. The Hall–Kier alpha value is -1.29. The van der Waals surface area contributed by atoms with Gasteiger partial charge in [-0.25, -0.2) is 12.7 Å². The normalized spacial score (nSPS) is 13.1. The lowest BCUT2D eigenvalue weighted by Gasteiger charge is -2.17. The van der Waals surface area contributed by atoms with Gasteiger partial charge in [0.25, 0.3) is 0 Å². The van der Waals surface area contributed by atoms with Gasteiger partial charge in [0.2, 0.25) is 10.0 Å². The van der Waals surface area contributed by atoms with Crippen molar-refractivity contribution in [2.45, 2.75) is 37.4 Å². The van der Waals surface area contributed by atoms with E-state index in [0.29, 0.717) is 10.8 Å². The van der Waals surface area contributed by atoms with Crippen LogP contribution in [0, 0.1) is 0 Å². The first-order valence-electron chi connectivity index (χ1n) is 5.94. The molecule has 1 rings (SSSR count). The highest BCUT2D eigenvalue weighted by atomic mass is 32.2. The fraction of sp³-hybridized carbons (Fsp3) is 0.700. The fourth-order valence-corrected chi connectivity index (χ4v) is 2.76. The summed E-state index contributed by atoms with van der Waals surface area (Å²) in [6.07, 6.45) is -3.67. The Bertz CT molecular complexity index is 553. The molecule has 10 heteroatoms. The minimum atomic E-state index is -4.41. The van der Waals surface area contributed by atoms with Crippen LogP contribution in [0.2, 0.25) is 0 Å². The van der Waals surface area contributed by atoms with Crippen LogP contribution in [0.25, 0.3) is 0 Å². The zero-order valence-corrected chi connectivity index (χ0v) is 12.0. The number of nitrogens with zero attached hydrogens (tertiary/aromatic N) is 3. The van der Waals surface area contributed by atoms with Gasteiger partial charge in [-0.1, -0.05) is 6.92 Å². The third kappa shape index (κ3) is 4.10. The van der Waals surface area contributed by atoms with Crippen LogP contribution < -0.4 is 5.73 Å². The number of aromatic nitrogens is 2. The molecule has 0 aliphatic carbocycles. The van der Waals surface area contributed by atoms with Gasteiger partial charge < -0.3 is 5.73 Å². The highest BCUT2D eigenvalue weighted by molar-refractivity contribution is 7.89. The van der Waals surface area contributed by atoms with Gasteiger partial charge in [-0.15, -0.1) is 0 Å². The van der Waals surface area contributed by atoms with Crippen molar-refractivity contribution in [1.29, 1.82) is 0 Å². The largest absolute Gasteiger partial charge is 0.390 e. The van der Waals surface area contributed by atoms with Crippen molar-refractivity contribution in [3.8, 4) is 0 Å². The number of halogens is 3. The van der Waals surface area contributed by atoms with E-state index < -0.39 is 29.2 Å². The number of hydrogen-bond acceptors (Lipinski definition) is 4. The quantitative estimate of drug-likeness (QED) is 0.861. The third-order valence-corrected chi connectivity index (χ3v) is 4.48. The van der Waals surface area contributed by atoms with Crippen LogP contribution in [-0.4, -0.2) is 42.3 Å². The molecule has 0 radical (unpaired) electrons. The summed E-state index contributed by atoms with van der Waals surface area (Å²) < 4.78 is 62.6. The third-order valence-electron chi connectivity index (χ3n) is 2.61. The first-order chi connectivity index (χ1) is 9.08. The van der Waals surface area contributed by atoms with Gasteiger partial charge in [-0.3, -0.25) is 4.68 Å². The molecule has 0 aliphatic heterocycles. The average Bonchev–Trinajstić information content (AvgIpc) is 2.67. The van der Waals surface area contributed by atoms with Crippen LogP contribution in [0.15, 0.2) is 11.1 Å². The Labute approximate surface area is 115 Å². The first-order valence-corrected chi connectivity index (χ1v) is 7.38. The van der Waals surface area contributed by atoms with Crippen LogP contribution in [-0.2, 0) is 16.6 Å². The molecule has 20 heavy (non-hydrogen) atoms. The molecule has 0 bridgehead atoms. The monoisotopic (exact) mass is 314 g/mol. The van der Waals surface area contributed by atoms with Crippen molar-refractivity contribution >= 4 is 15.8 Å². The van der Waals surface area contributed by atoms with Crippen molar-refractivity contribution in [2.75, 3.05) is 19.3 Å². The average molecular weight is 314 g/mol. The topological polar surface area (TPSA) is 81.2 Å². The van der Waals surface area contributed by atoms with Gasteiger partial charge in [0.05, 0.1) is 6.42 Å². The Morgan fingerprint density at radius 3 is 2.55 bits per heavy atom. The van der Waals surface area contributed by atoms with E-state index in [-0.39, 0.29) is 10.7 Å². The van der Waals surface area contributed by atoms with E-state index >= 15 is 0 Å². The van der Waals surface area contributed by atoms with Crippen LogP contribution in [0.5, 0.6) is 0 Å². The maximum Gasteiger partial charge on any atom is 0.390 e. The number of nitrogens with two attached hydrogens (primary N) is 1. The zero-order chi connectivity index (χ0) is 15.6. The molecule has 0 fully saturated rings. The fourth-order valence-electron chi connectivity index (χ4n) is 1.53. The van der Waals surface area contributed by atoms with Gasteiger partial charge in [0.15, 0.2) is 5.82 Å². The molecule has 6 nitrogen and oxygen atoms in total. The SMILES string of the molecule is CCCn1cc(S(=O)(=O)N(C)CCC(F)(F)F)c(N)n1. The molecule has 0 atom stereocenters. The lowest BCUT2D eigenvalue weighted by molar-refractivity contribution is -0.135. The molecule has 2 N–H and O–H groups in total. The van der Waals surface area contributed by atoms with E-state index in [9.17, 15) is 21.6 Å². The van der Waals surface area contributed by atoms with E-state index in [4.69, 9.17) is 5.73 Å². The molecule has 1 heterocycles. The summed E-state index contributed by atoms with van der Waals surface area (Å²) in [6, 6.07) is 0. The van der Waals surface area contributed by atoms with Crippen LogP contribution >= 0.6 is 0 Å². The minimum absolute atomic E-state index is 0.211. The lowest BCUT2D eigenvalue weighted by Crippen LogP contribution is -2.30. The zero-order valence-electron chi connectivity index (χ0n) is 11.2. The van der Waals surface area contributed by atoms with Crippen LogP contribution in [0.1, 0.15) is 19.8 Å². The summed E-state index contributed by atoms with van der Waals surface area (Å²) in [4.78, 5) is -0.268. The van der Waals surface area contributed by atoms with Gasteiger partial charge in [-0.05, 0) is 6.42 Å². The predicted octanol–water partition coefficient (Wildman–Crippen LogP) is 1.45. The van der Waals surface area contributed by atoms with Gasteiger partial charge >= 0.3 is 6.18 Å². The molecular formula is C10H17F3N4O2S. The van der Waals surface area contributed by atoms with E-state index in [1.54, 1.807) is 0 Å². The predicted molar refractivity (Wildman–Crippen MR) is 67.4 cm³/mol. The summed E-state index contributed by atoms with van der Waals surface area (Å²) in [5, 5.41) is 3.82. The number of aryl methyl sites for hydroxylation is 1. The second-order valence-electron chi connectivity index (χ2n) is 4.33. The standard InChI is InChI=1S/C10H17F3N4O2S/c1-3-5-17-7-8(9(14)15-17)20(18,19)16(2)6-4-10(11,12)13/h7H,3-6H2,1-2H3,(H2,14,15). The molecule has 0 aliphatic rings. The Morgan fingerprint density at radius 1 is 1.45 bits per heavy atom. The summed E-state index contributed by atoms with van der Waals surface area (Å²) in [5.41, 5.74) is 5.52. The summed E-state index contributed by atoms with van der Waals surface area (Å²) in [5.74, 6) is -0.211. The smallest absolute Gasteiger partial charge is 0.381 e. The van der Waals surface area contributed by atoms with Gasteiger partial charge in [-0.2, -0.15) is 18.3 Å². The highest BCUT2D eigenvalue weighted by Gasteiger charge is 2.32. The van der Waals surface area contributed by atoms with Crippen LogP contribution in [0.3, 0.4) is 0 Å². The lowest BCUT2D eigenvalue weighted by atomic mass is 10.4. The van der Waals surface area contributed by atoms with E-state index in [2.05, 4.69) is 5.10 Å². The maximum atomic E-state index is 12.1. The van der Waals surface area contributed by atoms with E-state index in [1.807, 2.05) is 6.92 Å². The summed E-state index contributed by atoms with van der Waals surface area (Å²) >= 11 is 0. The first kappa shape index (κ1) is 16.8. The Balaban J connectivity index is 2.92. The molecule has 0 unspecified atom stereocenters. The number of sulfonamides is 1. The second kappa shape index (κ2) is 6.00. The maximum absolute atomic E-state index is 12.1. The highest BCUT2D eigenvalue weighted by Crippen LogP contribution is 2.24. The van der Waals surface area contributed by atoms with Crippen molar-refractivity contribution in [1.82, 2.24) is 14.1 Å². The van der Waals surface area contributed by atoms with Crippen molar-refractivity contribution in [3.63, 3.8) is 0 Å². The van der Waals surface area contributed by atoms with E-state index in [1.165, 1.54) is 10.9 Å². The summed E-state index contributed by atoms with van der Waals surface area (Å²) in [6.45, 7) is 1.69. The number of anilines is 1. The molecule has 0 saturated carbocycles. The van der Waals surface area contributed by atoms with Crippen molar-refractivity contribution < 1.29 is 21.6 Å². The minimum Gasteiger partial charge on any atom is -0.381 e. The molecule has 1 aromatic heterocycles. The second-order valence-corrected chi connectivity index (χ2v) is 6.35. The molecule has 116 valence electrons. The molecule has 0 spiro atoms. The molecule has 0 amide bonds. The number of rotatable bonds is 6. The summed E-state index contributed by atoms with van der Waals surface area (Å²) in [7, 11) is -2.98. The Morgan fingerprint density at radius 2 is 2.05 bits per heavy atom. The molecular weight excluding hydrogens is 297 g/mol. The van der Waals surface area contributed by atoms with Crippen LogP contribution in [0.4, 0.5) is 19.0 Å². The van der Waals surface area contributed by atoms with Gasteiger partial charge in [0, 0.05) is 26.3 Å². The number of hydrogen-bond donors (Lipinski definition) is 1. The number of alkyl halides is 3. The van der Waals surface area contributed by atoms with E-state index in [0.717, 1.165) is 13.5 Å².